The van der Waals surface area contributed by atoms with Crippen LogP contribution in [0.2, 0.25) is 0 Å². The van der Waals surface area contributed by atoms with Gasteiger partial charge in [-0.2, -0.15) is 0 Å². The van der Waals surface area contributed by atoms with E-state index in [4.69, 9.17) is 9.05 Å². The van der Waals surface area contributed by atoms with Crippen LogP contribution in [0.3, 0.4) is 0 Å². The van der Waals surface area contributed by atoms with Gasteiger partial charge in [-0.25, -0.2) is 4.57 Å². The SMILES string of the molecule is CC/C=C\C/C=C\C/C=C\C/C=C\C/C=C\C/C=C\CCCCCCCCCCCCC(=O)NC(COP(=O)(O)OCC[N+](C)(C)C)C(O)CCCCCCCCCCCCC. The van der Waals surface area contributed by atoms with Gasteiger partial charge in [0.2, 0.25) is 5.91 Å². The lowest BCUT2D eigenvalue weighted by Crippen LogP contribution is -2.46. The molecule has 0 aliphatic rings. The van der Waals surface area contributed by atoms with E-state index >= 15 is 0 Å². The van der Waals surface area contributed by atoms with Crippen LogP contribution in [0.4, 0.5) is 0 Å². The number of aliphatic hydroxyl groups excluding tert-OH is 1. The lowest BCUT2D eigenvalue weighted by atomic mass is 10.0. The highest BCUT2D eigenvalue weighted by Gasteiger charge is 2.28. The molecule has 0 saturated carbocycles. The van der Waals surface area contributed by atoms with Crippen LogP contribution in [0.25, 0.3) is 0 Å². The maximum atomic E-state index is 12.9. The first-order valence-corrected chi connectivity index (χ1v) is 26.8. The van der Waals surface area contributed by atoms with E-state index in [1.807, 2.05) is 21.1 Å². The largest absolute Gasteiger partial charge is 0.472 e. The molecule has 0 radical (unpaired) electrons. The van der Waals surface area contributed by atoms with Crippen LogP contribution in [-0.4, -0.2) is 73.4 Å². The van der Waals surface area contributed by atoms with E-state index in [-0.39, 0.29) is 19.1 Å². The smallest absolute Gasteiger partial charge is 0.391 e. The molecule has 0 aromatic carbocycles. The second kappa shape index (κ2) is 44.2. The Labute approximate surface area is 383 Å². The van der Waals surface area contributed by atoms with Crippen LogP contribution in [-0.2, 0) is 18.4 Å². The second-order valence-corrected chi connectivity index (χ2v) is 19.6. The van der Waals surface area contributed by atoms with Gasteiger partial charge in [0.25, 0.3) is 0 Å². The van der Waals surface area contributed by atoms with Crippen LogP contribution in [0.15, 0.2) is 72.9 Å². The first-order valence-electron chi connectivity index (χ1n) is 25.3. The molecule has 0 fully saturated rings. The number of nitrogens with one attached hydrogen (secondary N) is 1. The van der Waals surface area contributed by atoms with E-state index in [0.29, 0.717) is 23.9 Å². The van der Waals surface area contributed by atoms with Crippen molar-refractivity contribution in [3.8, 4) is 0 Å². The Morgan fingerprint density at radius 3 is 1.42 bits per heavy atom. The summed E-state index contributed by atoms with van der Waals surface area (Å²) in [5.74, 6) is -0.153. The summed E-state index contributed by atoms with van der Waals surface area (Å²) in [5, 5.41) is 14.0. The Morgan fingerprint density at radius 2 is 0.968 bits per heavy atom. The van der Waals surface area contributed by atoms with Crippen molar-refractivity contribution in [3.05, 3.63) is 72.9 Å². The van der Waals surface area contributed by atoms with Crippen LogP contribution >= 0.6 is 7.82 Å². The summed E-state index contributed by atoms with van der Waals surface area (Å²) in [5.41, 5.74) is 0. The summed E-state index contributed by atoms with van der Waals surface area (Å²) in [6, 6.07) is -0.765. The number of phosphoric acid groups is 1. The Bertz CT molecular complexity index is 1240. The lowest BCUT2D eigenvalue weighted by Gasteiger charge is -2.26. The molecule has 360 valence electrons. The Hall–Kier alpha value is -2.06. The molecule has 0 bridgehead atoms. The summed E-state index contributed by atoms with van der Waals surface area (Å²) in [7, 11) is 1.60. The molecule has 0 saturated heterocycles. The van der Waals surface area contributed by atoms with Gasteiger partial charge in [0.05, 0.1) is 39.9 Å². The third kappa shape index (κ3) is 45.9. The van der Waals surface area contributed by atoms with E-state index in [1.165, 1.54) is 96.3 Å². The molecule has 0 aliphatic heterocycles. The van der Waals surface area contributed by atoms with Crippen LogP contribution in [0.1, 0.15) is 206 Å². The average Bonchev–Trinajstić information content (AvgIpc) is 3.23. The molecular weight excluding hydrogens is 792 g/mol. The quantitative estimate of drug-likeness (QED) is 0.0243. The Morgan fingerprint density at radius 1 is 0.565 bits per heavy atom. The first kappa shape index (κ1) is 59.9. The Kier molecular flexibility index (Phi) is 42.7. The molecule has 62 heavy (non-hydrogen) atoms. The molecule has 3 unspecified atom stereocenters. The molecule has 0 aromatic heterocycles. The number of carbonyl (C=O) groups is 1. The maximum Gasteiger partial charge on any atom is 0.472 e. The van der Waals surface area contributed by atoms with Gasteiger partial charge in [0.1, 0.15) is 13.2 Å². The molecule has 0 rings (SSSR count). The minimum atomic E-state index is -4.32. The number of nitrogens with zero attached hydrogens (tertiary/aromatic N) is 1. The zero-order chi connectivity index (χ0) is 45.7. The monoisotopic (exact) mass is 890 g/mol. The standard InChI is InChI=1S/C53H97N2O6P/c1-6-8-10-12-14-16-18-19-20-21-22-23-24-25-26-27-28-29-30-31-32-33-34-35-37-39-41-43-45-47-53(57)54-51(50-61-62(58,59)60-49-48-55(3,4)5)52(56)46-44-42-40-38-36-17-15-13-11-9-7-2/h8,10,14,16,19-20,22-23,25-26,28-29,51-52,56H,6-7,9,11-13,15,17-18,21,24,27,30-50H2,1-5H3,(H-,54,57,58,59)/p+1/b10-8-,16-14-,20-19-,23-22-,26-25-,29-28-. The zero-order valence-corrected chi connectivity index (χ0v) is 41.7. The number of phosphoric ester groups is 1. The topological polar surface area (TPSA) is 105 Å². The third-order valence-electron chi connectivity index (χ3n) is 11.0. The van der Waals surface area contributed by atoms with E-state index in [1.54, 1.807) is 0 Å². The average molecular weight is 890 g/mol. The van der Waals surface area contributed by atoms with Crippen molar-refractivity contribution in [2.24, 2.45) is 0 Å². The van der Waals surface area contributed by atoms with Gasteiger partial charge in [-0.05, 0) is 64.2 Å². The van der Waals surface area contributed by atoms with Crippen molar-refractivity contribution in [2.75, 3.05) is 40.9 Å². The molecule has 0 aromatic rings. The molecule has 3 atom stereocenters. The number of carbonyl (C=O) groups excluding carboxylic acids is 1. The van der Waals surface area contributed by atoms with E-state index in [2.05, 4.69) is 92.1 Å². The van der Waals surface area contributed by atoms with Crippen molar-refractivity contribution in [3.63, 3.8) is 0 Å². The van der Waals surface area contributed by atoms with Gasteiger partial charge in [0, 0.05) is 6.42 Å². The predicted octanol–water partition coefficient (Wildman–Crippen LogP) is 14.8. The summed E-state index contributed by atoms with van der Waals surface area (Å²) < 4.78 is 23.6. The highest BCUT2D eigenvalue weighted by atomic mass is 31.2. The number of amides is 1. The highest BCUT2D eigenvalue weighted by Crippen LogP contribution is 2.43. The van der Waals surface area contributed by atoms with E-state index < -0.39 is 20.0 Å². The molecule has 0 aliphatic carbocycles. The number of hydrogen-bond donors (Lipinski definition) is 3. The van der Waals surface area contributed by atoms with Crippen molar-refractivity contribution in [1.29, 1.82) is 0 Å². The maximum absolute atomic E-state index is 12.9. The van der Waals surface area contributed by atoms with Crippen molar-refractivity contribution >= 4 is 13.7 Å². The van der Waals surface area contributed by atoms with Crippen LogP contribution in [0.5, 0.6) is 0 Å². The van der Waals surface area contributed by atoms with Crippen molar-refractivity contribution < 1.29 is 32.9 Å². The number of unbranched alkanes of at least 4 members (excludes halogenated alkanes) is 20. The number of likely N-dealkylation sites (N-methyl/N-ethyl adjacent to an activating group) is 1. The summed E-state index contributed by atoms with van der Waals surface area (Å²) in [6.45, 7) is 4.75. The minimum Gasteiger partial charge on any atom is -0.391 e. The molecular formula is C53H98N2O6P+. The molecule has 1 amide bonds. The fraction of sp³-hybridized carbons (Fsp3) is 0.755. The van der Waals surface area contributed by atoms with Gasteiger partial charge in [-0.1, -0.05) is 209 Å². The molecule has 9 heteroatoms. The predicted molar refractivity (Wildman–Crippen MR) is 267 cm³/mol. The van der Waals surface area contributed by atoms with Crippen molar-refractivity contribution in [1.82, 2.24) is 5.32 Å². The van der Waals surface area contributed by atoms with E-state index in [0.717, 1.165) is 83.5 Å². The normalized spacial score (nSPS) is 14.8. The molecule has 8 nitrogen and oxygen atoms in total. The van der Waals surface area contributed by atoms with Crippen LogP contribution < -0.4 is 5.32 Å². The summed E-state index contributed by atoms with van der Waals surface area (Å²) >= 11 is 0. The summed E-state index contributed by atoms with van der Waals surface area (Å²) in [4.78, 5) is 23.2. The van der Waals surface area contributed by atoms with Gasteiger partial charge < -0.3 is 19.8 Å². The van der Waals surface area contributed by atoms with Gasteiger partial charge in [-0.3, -0.25) is 13.8 Å². The number of allylic oxidation sites excluding steroid dienone is 12. The molecule has 0 heterocycles. The fourth-order valence-corrected chi connectivity index (χ4v) is 7.73. The number of quaternary nitrogens is 1. The Balaban J connectivity index is 4.15. The van der Waals surface area contributed by atoms with Crippen LogP contribution in [0, 0.1) is 0 Å². The van der Waals surface area contributed by atoms with E-state index in [9.17, 15) is 19.4 Å². The van der Waals surface area contributed by atoms with Gasteiger partial charge in [0.15, 0.2) is 0 Å². The fourth-order valence-electron chi connectivity index (χ4n) is 6.99. The highest BCUT2D eigenvalue weighted by molar-refractivity contribution is 7.47. The van der Waals surface area contributed by atoms with Crippen molar-refractivity contribution in [2.45, 2.75) is 219 Å². The molecule has 3 N–H and O–H groups in total. The number of aliphatic hydroxyl groups is 1. The lowest BCUT2D eigenvalue weighted by molar-refractivity contribution is -0.870. The second-order valence-electron chi connectivity index (χ2n) is 18.2. The van der Waals surface area contributed by atoms with Gasteiger partial charge >= 0.3 is 7.82 Å². The minimum absolute atomic E-state index is 0.0708. The van der Waals surface area contributed by atoms with Gasteiger partial charge in [-0.15, -0.1) is 0 Å². The third-order valence-corrected chi connectivity index (χ3v) is 12.0. The zero-order valence-electron chi connectivity index (χ0n) is 40.8. The molecule has 0 spiro atoms. The number of hydrogen-bond acceptors (Lipinski definition) is 5. The first-order chi connectivity index (χ1) is 30.0. The summed E-state index contributed by atoms with van der Waals surface area (Å²) in [6.07, 6.45) is 59.4. The number of rotatable bonds is 45.